The summed E-state index contributed by atoms with van der Waals surface area (Å²) in [5, 5.41) is 20.7. The Bertz CT molecular complexity index is 1020. The van der Waals surface area contributed by atoms with Crippen molar-refractivity contribution >= 4 is 34.1 Å². The third-order valence-electron chi connectivity index (χ3n) is 3.88. The Hall–Kier alpha value is -3.19. The molecule has 26 heavy (non-hydrogen) atoms. The van der Waals surface area contributed by atoms with Gasteiger partial charge in [0, 0.05) is 18.5 Å². The van der Waals surface area contributed by atoms with E-state index in [9.17, 15) is 0 Å². The SMILES string of the molecule is Clc1nc(NCCNc2nnnn2-c2ccccc2)cc2ccccc12. The van der Waals surface area contributed by atoms with E-state index in [1.165, 1.54) is 0 Å². The lowest BCUT2D eigenvalue weighted by atomic mass is 10.2. The third-order valence-corrected chi connectivity index (χ3v) is 4.17. The van der Waals surface area contributed by atoms with Crippen LogP contribution in [0.2, 0.25) is 5.15 Å². The summed E-state index contributed by atoms with van der Waals surface area (Å²) in [7, 11) is 0. The smallest absolute Gasteiger partial charge is 0.247 e. The Morgan fingerprint density at radius 1 is 0.923 bits per heavy atom. The van der Waals surface area contributed by atoms with Gasteiger partial charge in [0.05, 0.1) is 5.69 Å². The van der Waals surface area contributed by atoms with Crippen LogP contribution < -0.4 is 10.6 Å². The second-order valence-corrected chi connectivity index (χ2v) is 5.98. The van der Waals surface area contributed by atoms with Crippen LogP contribution in [0.4, 0.5) is 11.8 Å². The predicted octanol–water partition coefficient (Wildman–Crippen LogP) is 3.39. The Morgan fingerprint density at radius 3 is 2.58 bits per heavy atom. The first-order chi connectivity index (χ1) is 12.8. The number of anilines is 2. The number of nitrogens with zero attached hydrogens (tertiary/aromatic N) is 5. The number of hydrogen-bond donors (Lipinski definition) is 2. The van der Waals surface area contributed by atoms with Crippen LogP contribution in [-0.4, -0.2) is 38.3 Å². The van der Waals surface area contributed by atoms with Crippen LogP contribution in [-0.2, 0) is 0 Å². The minimum Gasteiger partial charge on any atom is -0.368 e. The van der Waals surface area contributed by atoms with Crippen molar-refractivity contribution in [2.45, 2.75) is 0 Å². The summed E-state index contributed by atoms with van der Waals surface area (Å²) < 4.78 is 1.66. The first-order valence-electron chi connectivity index (χ1n) is 8.18. The lowest BCUT2D eigenvalue weighted by Crippen LogP contribution is -2.17. The minimum absolute atomic E-state index is 0.492. The standard InChI is InChI=1S/C18H16ClN7/c19-17-15-9-5-4-6-13(15)12-16(22-17)20-10-11-21-18-23-24-25-26(18)14-7-2-1-3-8-14/h1-9,12H,10-11H2,(H,20,22)(H,21,23,25). The second-order valence-electron chi connectivity index (χ2n) is 5.62. The monoisotopic (exact) mass is 365 g/mol. The molecule has 0 fully saturated rings. The molecular formula is C18H16ClN7. The molecule has 2 aromatic heterocycles. The van der Waals surface area contributed by atoms with Gasteiger partial charge in [0.25, 0.3) is 0 Å². The molecule has 2 aromatic carbocycles. The highest BCUT2D eigenvalue weighted by molar-refractivity contribution is 6.34. The van der Waals surface area contributed by atoms with Crippen molar-refractivity contribution in [1.29, 1.82) is 0 Å². The highest BCUT2D eigenvalue weighted by Gasteiger charge is 2.07. The van der Waals surface area contributed by atoms with Gasteiger partial charge in [0.1, 0.15) is 11.0 Å². The summed E-state index contributed by atoms with van der Waals surface area (Å²) in [5.41, 5.74) is 0.899. The third kappa shape index (κ3) is 3.43. The van der Waals surface area contributed by atoms with Gasteiger partial charge in [-0.3, -0.25) is 0 Å². The summed E-state index contributed by atoms with van der Waals surface area (Å²) in [5.74, 6) is 1.32. The van der Waals surface area contributed by atoms with Crippen LogP contribution in [0.15, 0.2) is 60.7 Å². The zero-order chi connectivity index (χ0) is 17.8. The summed E-state index contributed by atoms with van der Waals surface area (Å²) in [4.78, 5) is 4.38. The summed E-state index contributed by atoms with van der Waals surface area (Å²) in [6, 6.07) is 19.6. The number of pyridine rings is 1. The predicted molar refractivity (Wildman–Crippen MR) is 103 cm³/mol. The fourth-order valence-corrected chi connectivity index (χ4v) is 2.92. The zero-order valence-corrected chi connectivity index (χ0v) is 14.6. The van der Waals surface area contributed by atoms with Gasteiger partial charge in [-0.2, -0.15) is 4.68 Å². The summed E-state index contributed by atoms with van der Waals surface area (Å²) in [6.07, 6.45) is 0. The molecule has 0 spiro atoms. The van der Waals surface area contributed by atoms with Crippen LogP contribution in [0.25, 0.3) is 16.5 Å². The van der Waals surface area contributed by atoms with Crippen molar-refractivity contribution in [3.8, 4) is 5.69 Å². The van der Waals surface area contributed by atoms with Crippen LogP contribution in [0.5, 0.6) is 0 Å². The van der Waals surface area contributed by atoms with Crippen LogP contribution in [0, 0.1) is 0 Å². The molecule has 0 unspecified atom stereocenters. The van der Waals surface area contributed by atoms with Crippen LogP contribution in [0.3, 0.4) is 0 Å². The maximum atomic E-state index is 6.25. The average molecular weight is 366 g/mol. The molecule has 8 heteroatoms. The van der Waals surface area contributed by atoms with Gasteiger partial charge < -0.3 is 10.6 Å². The molecule has 4 rings (SSSR count). The van der Waals surface area contributed by atoms with E-state index in [4.69, 9.17) is 11.6 Å². The topological polar surface area (TPSA) is 80.6 Å². The van der Waals surface area contributed by atoms with Crippen molar-refractivity contribution < 1.29 is 0 Å². The number of aromatic nitrogens is 5. The largest absolute Gasteiger partial charge is 0.368 e. The van der Waals surface area contributed by atoms with Gasteiger partial charge in [-0.05, 0) is 34.0 Å². The van der Waals surface area contributed by atoms with Crippen molar-refractivity contribution in [2.75, 3.05) is 23.7 Å². The molecule has 0 atom stereocenters. The van der Waals surface area contributed by atoms with Gasteiger partial charge in [0.2, 0.25) is 5.95 Å². The van der Waals surface area contributed by atoms with Crippen molar-refractivity contribution in [1.82, 2.24) is 25.2 Å². The van der Waals surface area contributed by atoms with E-state index in [1.54, 1.807) is 4.68 Å². The molecule has 0 amide bonds. The first kappa shape index (κ1) is 16.3. The molecular weight excluding hydrogens is 350 g/mol. The molecule has 2 heterocycles. The Kier molecular flexibility index (Phi) is 4.61. The number of hydrogen-bond acceptors (Lipinski definition) is 6. The molecule has 0 aliphatic rings. The van der Waals surface area contributed by atoms with E-state index < -0.39 is 0 Å². The van der Waals surface area contributed by atoms with Gasteiger partial charge in [-0.25, -0.2) is 4.98 Å². The van der Waals surface area contributed by atoms with Crippen molar-refractivity contribution in [3.05, 3.63) is 65.8 Å². The number of halogens is 1. The fraction of sp³-hybridized carbons (Fsp3) is 0.111. The normalized spacial score (nSPS) is 10.8. The Morgan fingerprint density at radius 2 is 1.69 bits per heavy atom. The number of fused-ring (bicyclic) bond motifs is 1. The first-order valence-corrected chi connectivity index (χ1v) is 8.56. The van der Waals surface area contributed by atoms with Gasteiger partial charge in [-0.1, -0.05) is 59.2 Å². The lowest BCUT2D eigenvalue weighted by molar-refractivity contribution is 0.789. The summed E-state index contributed by atoms with van der Waals surface area (Å²) in [6.45, 7) is 1.27. The van der Waals surface area contributed by atoms with Gasteiger partial charge in [-0.15, -0.1) is 0 Å². The Balaban J connectivity index is 1.39. The molecule has 0 aliphatic carbocycles. The van der Waals surface area contributed by atoms with Crippen molar-refractivity contribution in [2.24, 2.45) is 0 Å². The maximum absolute atomic E-state index is 6.25. The molecule has 0 saturated carbocycles. The molecule has 0 bridgehead atoms. The minimum atomic E-state index is 0.492. The molecule has 0 aliphatic heterocycles. The highest BCUT2D eigenvalue weighted by atomic mass is 35.5. The molecule has 4 aromatic rings. The van der Waals surface area contributed by atoms with E-state index >= 15 is 0 Å². The maximum Gasteiger partial charge on any atom is 0.247 e. The van der Waals surface area contributed by atoms with E-state index in [0.717, 1.165) is 22.3 Å². The zero-order valence-electron chi connectivity index (χ0n) is 13.8. The van der Waals surface area contributed by atoms with E-state index in [1.807, 2.05) is 60.7 Å². The van der Waals surface area contributed by atoms with E-state index in [2.05, 4.69) is 31.1 Å². The van der Waals surface area contributed by atoms with Gasteiger partial charge in [0.15, 0.2) is 0 Å². The quantitative estimate of drug-likeness (QED) is 0.402. The number of para-hydroxylation sites is 1. The average Bonchev–Trinajstić information content (AvgIpc) is 3.15. The van der Waals surface area contributed by atoms with Gasteiger partial charge >= 0.3 is 0 Å². The number of rotatable bonds is 6. The summed E-state index contributed by atoms with van der Waals surface area (Å²) >= 11 is 6.25. The van der Waals surface area contributed by atoms with Crippen LogP contribution in [0.1, 0.15) is 0 Å². The van der Waals surface area contributed by atoms with Crippen molar-refractivity contribution in [3.63, 3.8) is 0 Å². The number of nitrogens with one attached hydrogen (secondary N) is 2. The molecule has 130 valence electrons. The van der Waals surface area contributed by atoms with E-state index in [0.29, 0.717) is 24.2 Å². The number of tetrazole rings is 1. The second kappa shape index (κ2) is 7.37. The fourth-order valence-electron chi connectivity index (χ4n) is 2.65. The molecule has 0 saturated heterocycles. The molecule has 2 N–H and O–H groups in total. The number of benzene rings is 2. The Labute approximate surface area is 155 Å². The highest BCUT2D eigenvalue weighted by Crippen LogP contribution is 2.24. The van der Waals surface area contributed by atoms with Crippen LogP contribution >= 0.6 is 11.6 Å². The van der Waals surface area contributed by atoms with E-state index in [-0.39, 0.29) is 0 Å². The molecule has 7 nitrogen and oxygen atoms in total. The molecule has 0 radical (unpaired) electrons. The lowest BCUT2D eigenvalue weighted by Gasteiger charge is -2.10.